The summed E-state index contributed by atoms with van der Waals surface area (Å²) in [6, 6.07) is 4.83. The van der Waals surface area contributed by atoms with Crippen LogP contribution in [0.3, 0.4) is 0 Å². The SMILES string of the molecule is [2H]C1([2H])N(C(=O)C(N)C(C)C)C([2H])([2H])C([2H])([2H])N(c2cc(Nc3ncc(C(=O)Nc4c(C)cccc4Cl)s3)nc(C)n2)C1([2H])[2H]. The van der Waals surface area contributed by atoms with E-state index < -0.39 is 55.6 Å². The summed E-state index contributed by atoms with van der Waals surface area (Å²) in [5.41, 5.74) is 7.09. The quantitative estimate of drug-likeness (QED) is 0.405. The Morgan fingerprint density at radius 2 is 1.92 bits per heavy atom. The van der Waals surface area contributed by atoms with Gasteiger partial charge in [-0.25, -0.2) is 15.0 Å². The van der Waals surface area contributed by atoms with Crippen molar-refractivity contribution in [3.05, 3.63) is 51.7 Å². The molecule has 37 heavy (non-hydrogen) atoms. The Kier molecular flexibility index (Phi) is 5.57. The second-order valence-electron chi connectivity index (χ2n) is 8.43. The van der Waals surface area contributed by atoms with Gasteiger partial charge < -0.3 is 26.2 Å². The molecule has 1 atom stereocenters. The van der Waals surface area contributed by atoms with Crippen LogP contribution in [0.15, 0.2) is 30.5 Å². The molecule has 0 bridgehead atoms. The summed E-state index contributed by atoms with van der Waals surface area (Å²) in [4.78, 5) is 38.9. The van der Waals surface area contributed by atoms with Gasteiger partial charge in [-0.3, -0.25) is 9.59 Å². The minimum Gasteiger partial charge on any atom is -0.353 e. The van der Waals surface area contributed by atoms with E-state index in [2.05, 4.69) is 25.6 Å². The first-order chi connectivity index (χ1) is 20.6. The van der Waals surface area contributed by atoms with Crippen molar-refractivity contribution in [2.24, 2.45) is 11.7 Å². The van der Waals surface area contributed by atoms with E-state index in [1.807, 2.05) is 0 Å². The number of aromatic nitrogens is 3. The van der Waals surface area contributed by atoms with Crippen LogP contribution in [0.5, 0.6) is 0 Å². The third kappa shape index (κ3) is 6.35. The number of carbonyl (C=O) groups is 2. The number of amides is 2. The Labute approximate surface area is 236 Å². The Bertz CT molecular complexity index is 1590. The standard InChI is InChI=1S/C25H31ClN8O2S/c1-14(2)21(27)24(36)34-10-8-33(9-11-34)20-12-19(29-16(4)30-20)31-25-28-13-18(37-25)23(35)32-22-15(3)6-5-7-17(22)26/h5-7,12-14,21H,8-11,27H2,1-4H3,(H,32,35)(H,28,29,30,31)/i8D2,9D2,10D2,11D2. The first kappa shape index (κ1) is 18.1. The largest absolute Gasteiger partial charge is 0.353 e. The van der Waals surface area contributed by atoms with Crippen molar-refractivity contribution in [2.45, 2.75) is 33.7 Å². The molecule has 1 aliphatic heterocycles. The normalized spacial score (nSPS) is 23.2. The Morgan fingerprint density at radius 1 is 1.19 bits per heavy atom. The average Bonchev–Trinajstić information content (AvgIpc) is 3.37. The summed E-state index contributed by atoms with van der Waals surface area (Å²) in [7, 11) is 0. The molecule has 1 saturated heterocycles. The topological polar surface area (TPSA) is 129 Å². The van der Waals surface area contributed by atoms with Gasteiger partial charge in [0.1, 0.15) is 22.3 Å². The number of hydrogen-bond donors (Lipinski definition) is 3. The lowest BCUT2D eigenvalue weighted by molar-refractivity contribution is -0.133. The van der Waals surface area contributed by atoms with Gasteiger partial charge in [-0.1, -0.05) is 48.9 Å². The smallest absolute Gasteiger partial charge is 0.267 e. The van der Waals surface area contributed by atoms with Gasteiger partial charge in [0, 0.05) is 32.1 Å². The number of nitrogens with one attached hydrogen (secondary N) is 2. The highest BCUT2D eigenvalue weighted by molar-refractivity contribution is 7.17. The fourth-order valence-corrected chi connectivity index (χ4v) is 4.14. The second kappa shape index (κ2) is 11.4. The van der Waals surface area contributed by atoms with Gasteiger partial charge in [0.2, 0.25) is 5.91 Å². The number of carbonyl (C=O) groups excluding carboxylic acids is 2. The zero-order valence-electron chi connectivity index (χ0n) is 28.5. The van der Waals surface area contributed by atoms with Crippen molar-refractivity contribution in [3.8, 4) is 0 Å². The molecule has 3 heterocycles. The summed E-state index contributed by atoms with van der Waals surface area (Å²) in [6.45, 7) is -7.28. The van der Waals surface area contributed by atoms with E-state index in [4.69, 9.17) is 28.3 Å². The molecule has 4 rings (SSSR count). The average molecular weight is 551 g/mol. The van der Waals surface area contributed by atoms with Crippen molar-refractivity contribution in [3.63, 3.8) is 0 Å². The molecule has 0 aliphatic carbocycles. The molecule has 4 N–H and O–H groups in total. The summed E-state index contributed by atoms with van der Waals surface area (Å²) in [6.07, 6.45) is 1.31. The van der Waals surface area contributed by atoms with Crippen molar-refractivity contribution in [1.29, 1.82) is 0 Å². The summed E-state index contributed by atoms with van der Waals surface area (Å²) >= 11 is 7.16. The van der Waals surface area contributed by atoms with E-state index in [0.29, 0.717) is 10.7 Å². The van der Waals surface area contributed by atoms with Crippen LogP contribution in [0.4, 0.5) is 22.5 Å². The lowest BCUT2D eigenvalue weighted by atomic mass is 10.0. The zero-order chi connectivity index (χ0) is 33.9. The van der Waals surface area contributed by atoms with E-state index in [9.17, 15) is 9.59 Å². The number of hydrogen-bond acceptors (Lipinski definition) is 9. The zero-order valence-corrected chi connectivity index (χ0v) is 22.0. The third-order valence-corrected chi connectivity index (χ3v) is 6.48. The number of nitrogens with two attached hydrogens (primary N) is 1. The number of benzene rings is 1. The van der Waals surface area contributed by atoms with Gasteiger partial charge in [0.25, 0.3) is 5.91 Å². The molecule has 1 unspecified atom stereocenters. The molecule has 196 valence electrons. The lowest BCUT2D eigenvalue weighted by Gasteiger charge is -2.37. The summed E-state index contributed by atoms with van der Waals surface area (Å²) in [5.74, 6) is -2.90. The van der Waals surface area contributed by atoms with Gasteiger partial charge in [0.15, 0.2) is 5.13 Å². The number of aryl methyl sites for hydroxylation is 2. The van der Waals surface area contributed by atoms with Crippen molar-refractivity contribution in [1.82, 2.24) is 19.9 Å². The molecule has 1 aliphatic rings. The number of thiazole rings is 1. The highest BCUT2D eigenvalue weighted by atomic mass is 35.5. The highest BCUT2D eigenvalue weighted by Gasteiger charge is 2.27. The van der Waals surface area contributed by atoms with Crippen LogP contribution in [-0.2, 0) is 4.79 Å². The van der Waals surface area contributed by atoms with Crippen LogP contribution in [-0.4, -0.2) is 63.7 Å². The molecule has 0 radical (unpaired) electrons. The van der Waals surface area contributed by atoms with Crippen LogP contribution >= 0.6 is 22.9 Å². The van der Waals surface area contributed by atoms with Gasteiger partial charge in [-0.05, 0) is 31.4 Å². The van der Waals surface area contributed by atoms with Crippen molar-refractivity contribution < 1.29 is 20.6 Å². The third-order valence-electron chi connectivity index (χ3n) is 5.25. The molecule has 1 fully saturated rings. The molecular weight excluding hydrogens is 512 g/mol. The number of nitrogens with zero attached hydrogens (tertiary/aromatic N) is 5. The molecule has 1 aromatic carbocycles. The summed E-state index contributed by atoms with van der Waals surface area (Å²) < 4.78 is 69.1. The van der Waals surface area contributed by atoms with Crippen molar-refractivity contribution >= 4 is 57.2 Å². The van der Waals surface area contributed by atoms with E-state index in [1.165, 1.54) is 13.1 Å². The van der Waals surface area contributed by atoms with E-state index in [-0.39, 0.29) is 31.5 Å². The maximum Gasteiger partial charge on any atom is 0.267 e. The van der Waals surface area contributed by atoms with Crippen molar-refractivity contribution in [2.75, 3.05) is 41.5 Å². The van der Waals surface area contributed by atoms with Crippen LogP contribution < -0.4 is 21.3 Å². The van der Waals surface area contributed by atoms with Crippen LogP contribution in [0.25, 0.3) is 0 Å². The Hall–Kier alpha value is -3.28. The molecule has 0 spiro atoms. The molecule has 0 saturated carbocycles. The van der Waals surface area contributed by atoms with Gasteiger partial charge >= 0.3 is 0 Å². The van der Waals surface area contributed by atoms with E-state index in [0.717, 1.165) is 23.0 Å². The number of halogens is 1. The van der Waals surface area contributed by atoms with Gasteiger partial charge in [-0.2, -0.15) is 0 Å². The molecule has 2 aromatic heterocycles. The Morgan fingerprint density at radius 3 is 2.59 bits per heavy atom. The Balaban J connectivity index is 1.68. The number of para-hydroxylation sites is 1. The minimum atomic E-state index is -3.42. The maximum atomic E-state index is 13.2. The van der Waals surface area contributed by atoms with Gasteiger partial charge in [0.05, 0.1) is 33.9 Å². The predicted octanol–water partition coefficient (Wildman–Crippen LogP) is 3.83. The molecule has 2 amide bonds. The predicted molar refractivity (Wildman–Crippen MR) is 148 cm³/mol. The number of piperazine rings is 1. The van der Waals surface area contributed by atoms with E-state index >= 15 is 0 Å². The van der Waals surface area contributed by atoms with E-state index in [1.54, 1.807) is 39.0 Å². The molecule has 12 heteroatoms. The minimum absolute atomic E-state index is 0.00762. The number of anilines is 4. The molecular formula is C25H31ClN8O2S. The second-order valence-corrected chi connectivity index (χ2v) is 9.86. The molecule has 10 nitrogen and oxygen atoms in total. The van der Waals surface area contributed by atoms with Gasteiger partial charge in [-0.15, -0.1) is 0 Å². The van der Waals surface area contributed by atoms with Crippen LogP contribution in [0.2, 0.25) is 5.02 Å². The monoisotopic (exact) mass is 550 g/mol. The highest BCUT2D eigenvalue weighted by Crippen LogP contribution is 2.28. The summed E-state index contributed by atoms with van der Waals surface area (Å²) in [5, 5.41) is 6.12. The maximum absolute atomic E-state index is 13.2. The fraction of sp³-hybridized carbons (Fsp3) is 0.400. The van der Waals surface area contributed by atoms with Crippen LogP contribution in [0.1, 0.15) is 45.9 Å². The first-order valence-corrected chi connectivity index (χ1v) is 12.4. The molecule has 3 aromatic rings. The fourth-order valence-electron chi connectivity index (χ4n) is 3.16. The van der Waals surface area contributed by atoms with Crippen LogP contribution in [0, 0.1) is 19.8 Å². The lowest BCUT2D eigenvalue weighted by Crippen LogP contribution is -2.54. The number of rotatable bonds is 7. The first-order valence-electron chi connectivity index (χ1n) is 15.2.